The molecule has 1 aliphatic heterocycles. The van der Waals surface area contributed by atoms with Crippen LogP contribution >= 0.6 is 11.3 Å². The lowest BCUT2D eigenvalue weighted by Crippen LogP contribution is -2.34. The number of aromatic amines is 1. The van der Waals surface area contributed by atoms with Crippen LogP contribution in [0, 0.1) is 0 Å². The average Bonchev–Trinajstić information content (AvgIpc) is 3.60. The summed E-state index contributed by atoms with van der Waals surface area (Å²) >= 11 is 1.24. The number of imidazole rings is 1. The Hall–Kier alpha value is -4.24. The van der Waals surface area contributed by atoms with Crippen molar-refractivity contribution in [3.8, 4) is 11.4 Å². The lowest BCUT2D eigenvalue weighted by molar-refractivity contribution is 0.0777. The van der Waals surface area contributed by atoms with E-state index in [4.69, 9.17) is 10.7 Å². The molecule has 1 aromatic carbocycles. The number of rotatable bonds is 4. The van der Waals surface area contributed by atoms with Crippen LogP contribution in [-0.4, -0.2) is 49.0 Å². The number of fused-ring (bicyclic) bond motifs is 2. The highest BCUT2D eigenvalue weighted by Crippen LogP contribution is 2.33. The fourth-order valence-electron chi connectivity index (χ4n) is 4.53. The van der Waals surface area contributed by atoms with E-state index in [2.05, 4.69) is 22.1 Å². The van der Waals surface area contributed by atoms with E-state index in [0.717, 1.165) is 39.2 Å². The third-order valence-electron chi connectivity index (χ3n) is 6.32. The Morgan fingerprint density at radius 1 is 1.14 bits per heavy atom. The summed E-state index contributed by atoms with van der Waals surface area (Å²) in [6.07, 6.45) is 6.24. The summed E-state index contributed by atoms with van der Waals surface area (Å²) in [6, 6.07) is 13.6. The molecule has 0 atom stereocenters. The number of thiophene rings is 1. The summed E-state index contributed by atoms with van der Waals surface area (Å²) in [4.78, 5) is 40.3. The van der Waals surface area contributed by atoms with Gasteiger partial charge in [0.15, 0.2) is 5.78 Å². The predicted molar refractivity (Wildman–Crippen MR) is 138 cm³/mol. The van der Waals surface area contributed by atoms with Crippen molar-refractivity contribution in [3.05, 3.63) is 76.5 Å². The molecule has 174 valence electrons. The van der Waals surface area contributed by atoms with Crippen LogP contribution in [0.2, 0.25) is 0 Å². The summed E-state index contributed by atoms with van der Waals surface area (Å²) in [5.74, 6) is 1.12. The number of carbonyl (C=O) groups excluding carboxylic acids is 2. The standard InChI is InChI=1S/C26H22N6O2S/c1-15(33)20-6-7-21(35-20)26(34)31-11-8-16(9-12-31)25-30-22(23-24(27)28-10-13-32(23)25)19-14-17-4-2-3-5-18(17)29-19/h2-8,10,13-14,29H,9,11-12H2,1H3,(H2,27,28). The van der Waals surface area contributed by atoms with Crippen molar-refractivity contribution >= 4 is 50.8 Å². The molecule has 0 bridgehead atoms. The third kappa shape index (κ3) is 3.60. The van der Waals surface area contributed by atoms with E-state index in [0.29, 0.717) is 35.1 Å². The van der Waals surface area contributed by atoms with E-state index in [-0.39, 0.29) is 11.7 Å². The first kappa shape index (κ1) is 21.3. The molecule has 1 amide bonds. The topological polar surface area (TPSA) is 109 Å². The van der Waals surface area contributed by atoms with Crippen LogP contribution in [0.3, 0.4) is 0 Å². The monoisotopic (exact) mass is 482 g/mol. The van der Waals surface area contributed by atoms with Crippen LogP contribution in [0.25, 0.3) is 33.4 Å². The van der Waals surface area contributed by atoms with E-state index in [1.165, 1.54) is 18.3 Å². The zero-order valence-electron chi connectivity index (χ0n) is 19.0. The molecular formula is C26H22N6O2S. The van der Waals surface area contributed by atoms with Crippen LogP contribution < -0.4 is 5.73 Å². The molecule has 9 heteroatoms. The van der Waals surface area contributed by atoms with Gasteiger partial charge in [0.05, 0.1) is 15.4 Å². The summed E-state index contributed by atoms with van der Waals surface area (Å²) in [7, 11) is 0. The SMILES string of the molecule is CC(=O)c1ccc(C(=O)N2CC=C(c3nc(-c4cc5ccccc5[nH]4)c4c(N)nccn34)CC2)s1. The summed E-state index contributed by atoms with van der Waals surface area (Å²) in [5, 5.41) is 1.10. The highest BCUT2D eigenvalue weighted by Gasteiger charge is 2.25. The van der Waals surface area contributed by atoms with Crippen LogP contribution in [0.5, 0.6) is 0 Å². The van der Waals surface area contributed by atoms with Crippen molar-refractivity contribution in [1.82, 2.24) is 24.3 Å². The van der Waals surface area contributed by atoms with Crippen molar-refractivity contribution in [2.75, 3.05) is 18.8 Å². The number of hydrogen-bond donors (Lipinski definition) is 2. The highest BCUT2D eigenvalue weighted by atomic mass is 32.1. The second-order valence-electron chi connectivity index (χ2n) is 8.54. The Morgan fingerprint density at radius 2 is 1.97 bits per heavy atom. The van der Waals surface area contributed by atoms with Gasteiger partial charge in [0.2, 0.25) is 0 Å². The lowest BCUT2D eigenvalue weighted by atomic mass is 10.1. The Kier molecular flexibility index (Phi) is 5.00. The number of H-pyrrole nitrogens is 1. The quantitative estimate of drug-likeness (QED) is 0.362. The number of Topliss-reactive ketones (excluding diaryl/α,β-unsaturated/α-hetero) is 1. The van der Waals surface area contributed by atoms with Gasteiger partial charge in [0.25, 0.3) is 5.91 Å². The lowest BCUT2D eigenvalue weighted by Gasteiger charge is -2.25. The van der Waals surface area contributed by atoms with Gasteiger partial charge >= 0.3 is 0 Å². The first-order valence-corrected chi connectivity index (χ1v) is 12.1. The van der Waals surface area contributed by atoms with Crippen molar-refractivity contribution in [1.29, 1.82) is 0 Å². The van der Waals surface area contributed by atoms with Crippen LogP contribution in [0.15, 0.2) is 60.9 Å². The first-order valence-electron chi connectivity index (χ1n) is 11.3. The molecule has 0 saturated carbocycles. The van der Waals surface area contributed by atoms with Crippen molar-refractivity contribution in [2.45, 2.75) is 13.3 Å². The van der Waals surface area contributed by atoms with Gasteiger partial charge < -0.3 is 15.6 Å². The maximum Gasteiger partial charge on any atom is 0.264 e. The van der Waals surface area contributed by atoms with Crippen molar-refractivity contribution in [2.24, 2.45) is 0 Å². The molecule has 0 aliphatic carbocycles. The Balaban J connectivity index is 1.35. The molecule has 3 N–H and O–H groups in total. The number of ketones is 1. The number of aromatic nitrogens is 4. The van der Waals surface area contributed by atoms with E-state index < -0.39 is 0 Å². The molecule has 0 radical (unpaired) electrons. The maximum atomic E-state index is 13.0. The van der Waals surface area contributed by atoms with Gasteiger partial charge in [-0.05, 0) is 43.2 Å². The second kappa shape index (κ2) is 8.21. The van der Waals surface area contributed by atoms with Gasteiger partial charge in [0.1, 0.15) is 22.9 Å². The molecule has 5 aromatic rings. The number of anilines is 1. The normalized spacial score (nSPS) is 14.0. The third-order valence-corrected chi connectivity index (χ3v) is 7.49. The molecule has 35 heavy (non-hydrogen) atoms. The number of nitrogens with two attached hydrogens (primary N) is 1. The van der Waals surface area contributed by atoms with Gasteiger partial charge in [0, 0.05) is 36.4 Å². The molecule has 8 nitrogen and oxygen atoms in total. The number of carbonyl (C=O) groups is 2. The number of benzene rings is 1. The number of nitrogen functional groups attached to an aromatic ring is 1. The summed E-state index contributed by atoms with van der Waals surface area (Å²) in [5.41, 5.74) is 10.8. The van der Waals surface area contributed by atoms with Gasteiger partial charge in [-0.2, -0.15) is 0 Å². The Morgan fingerprint density at radius 3 is 2.71 bits per heavy atom. The minimum atomic E-state index is -0.0574. The molecule has 1 aliphatic rings. The minimum absolute atomic E-state index is 0.0272. The number of nitrogens with one attached hydrogen (secondary N) is 1. The highest BCUT2D eigenvalue weighted by molar-refractivity contribution is 7.15. The minimum Gasteiger partial charge on any atom is -0.382 e. The van der Waals surface area contributed by atoms with E-state index in [9.17, 15) is 9.59 Å². The Bertz CT molecular complexity index is 1620. The fraction of sp³-hybridized carbons (Fsp3) is 0.154. The molecule has 0 saturated heterocycles. The number of para-hydroxylation sites is 1. The van der Waals surface area contributed by atoms with Gasteiger partial charge in [-0.1, -0.05) is 24.3 Å². The molecular weight excluding hydrogens is 460 g/mol. The van der Waals surface area contributed by atoms with E-state index in [1.807, 2.05) is 34.9 Å². The first-order chi connectivity index (χ1) is 17.0. The number of hydrogen-bond acceptors (Lipinski definition) is 6. The van der Waals surface area contributed by atoms with Crippen LogP contribution in [0.4, 0.5) is 5.82 Å². The zero-order valence-corrected chi connectivity index (χ0v) is 19.8. The number of nitrogens with zero attached hydrogens (tertiary/aromatic N) is 4. The molecule has 0 fully saturated rings. The Labute approximate surface area is 204 Å². The van der Waals surface area contributed by atoms with Crippen LogP contribution in [-0.2, 0) is 0 Å². The van der Waals surface area contributed by atoms with E-state index in [1.54, 1.807) is 23.2 Å². The second-order valence-corrected chi connectivity index (χ2v) is 9.62. The smallest absolute Gasteiger partial charge is 0.264 e. The van der Waals surface area contributed by atoms with Gasteiger partial charge in [-0.25, -0.2) is 9.97 Å². The van der Waals surface area contributed by atoms with Gasteiger partial charge in [-0.15, -0.1) is 11.3 Å². The molecule has 4 aromatic heterocycles. The predicted octanol–water partition coefficient (Wildman–Crippen LogP) is 4.65. The zero-order chi connectivity index (χ0) is 24.1. The summed E-state index contributed by atoms with van der Waals surface area (Å²) < 4.78 is 1.98. The summed E-state index contributed by atoms with van der Waals surface area (Å²) in [6.45, 7) is 2.55. The van der Waals surface area contributed by atoms with E-state index >= 15 is 0 Å². The maximum absolute atomic E-state index is 13.0. The molecule has 6 rings (SSSR count). The molecule has 0 unspecified atom stereocenters. The molecule has 5 heterocycles. The fourth-order valence-corrected chi connectivity index (χ4v) is 5.40. The molecule has 0 spiro atoms. The van der Waals surface area contributed by atoms with Crippen molar-refractivity contribution in [3.63, 3.8) is 0 Å². The van der Waals surface area contributed by atoms with Crippen molar-refractivity contribution < 1.29 is 9.59 Å². The largest absolute Gasteiger partial charge is 0.382 e. The average molecular weight is 483 g/mol. The number of amides is 1. The van der Waals surface area contributed by atoms with Gasteiger partial charge in [-0.3, -0.25) is 14.0 Å². The van der Waals surface area contributed by atoms with Crippen LogP contribution in [0.1, 0.15) is 38.5 Å².